The number of furan rings is 1. The Morgan fingerprint density at radius 3 is 2.68 bits per heavy atom. The van der Waals surface area contributed by atoms with Crippen molar-refractivity contribution in [3.63, 3.8) is 0 Å². The first-order valence-electron chi connectivity index (χ1n) is 9.41. The van der Waals surface area contributed by atoms with Crippen LogP contribution in [0.15, 0.2) is 76.6 Å². The van der Waals surface area contributed by atoms with E-state index in [4.69, 9.17) is 4.42 Å². The third kappa shape index (κ3) is 3.35. The highest BCUT2D eigenvalue weighted by molar-refractivity contribution is 14.1. The van der Waals surface area contributed by atoms with Crippen molar-refractivity contribution in [1.29, 1.82) is 0 Å². The van der Waals surface area contributed by atoms with E-state index in [1.165, 1.54) is 28.6 Å². The van der Waals surface area contributed by atoms with E-state index in [9.17, 15) is 14.7 Å². The number of aromatic nitrogens is 1. The van der Waals surface area contributed by atoms with Gasteiger partial charge in [-0.3, -0.25) is 14.5 Å². The zero-order valence-electron chi connectivity index (χ0n) is 16.2. The van der Waals surface area contributed by atoms with Crippen LogP contribution in [0.1, 0.15) is 27.7 Å². The number of anilines is 1. The Balaban J connectivity index is 1.68. The molecule has 1 amide bonds. The molecule has 5 rings (SSSR count). The predicted octanol–water partition coefficient (Wildman–Crippen LogP) is 5.59. The number of hydrogen-bond donors (Lipinski definition) is 1. The number of aryl methyl sites for hydroxylation is 1. The van der Waals surface area contributed by atoms with Crippen molar-refractivity contribution < 1.29 is 19.1 Å². The number of ketones is 1. The van der Waals surface area contributed by atoms with Crippen molar-refractivity contribution >= 4 is 61.0 Å². The van der Waals surface area contributed by atoms with Gasteiger partial charge >= 0.3 is 0 Å². The van der Waals surface area contributed by atoms with Gasteiger partial charge in [-0.15, -0.1) is 0 Å². The Labute approximate surface area is 195 Å². The molecule has 31 heavy (non-hydrogen) atoms. The molecule has 154 valence electrons. The highest BCUT2D eigenvalue weighted by atomic mass is 127. The molecule has 0 fully saturated rings. The van der Waals surface area contributed by atoms with E-state index in [1.807, 2.05) is 49.4 Å². The van der Waals surface area contributed by atoms with Crippen LogP contribution in [0.25, 0.3) is 10.2 Å². The number of carbonyl (C=O) groups excluding carboxylic acids is 2. The molecule has 4 aromatic rings. The number of fused-ring (bicyclic) bond motifs is 1. The molecule has 0 radical (unpaired) electrons. The van der Waals surface area contributed by atoms with Gasteiger partial charge in [0, 0.05) is 3.57 Å². The molecule has 2 aromatic carbocycles. The maximum Gasteiger partial charge on any atom is 0.296 e. The number of thiazole rings is 1. The Hall–Kier alpha value is -2.98. The second-order valence-electron chi connectivity index (χ2n) is 7.17. The SMILES string of the molecule is Cc1ccc2nc(N3C(=O)C(O)=C(C(=O)c4ccco4)C3c3ccc(I)cc3)sc2c1. The lowest BCUT2D eigenvalue weighted by Gasteiger charge is -2.24. The number of Topliss-reactive ketones (excluding diaryl/α,β-unsaturated/α-hetero) is 1. The number of rotatable bonds is 4. The average Bonchev–Trinajstić information content (AvgIpc) is 3.47. The molecule has 0 saturated heterocycles. The van der Waals surface area contributed by atoms with E-state index in [1.54, 1.807) is 6.07 Å². The van der Waals surface area contributed by atoms with Gasteiger partial charge in [0.05, 0.1) is 28.1 Å². The van der Waals surface area contributed by atoms with Gasteiger partial charge in [0.1, 0.15) is 0 Å². The van der Waals surface area contributed by atoms with Gasteiger partial charge in [-0.2, -0.15) is 0 Å². The molecule has 3 heterocycles. The maximum absolute atomic E-state index is 13.2. The van der Waals surface area contributed by atoms with Gasteiger partial charge in [0.25, 0.3) is 5.91 Å². The van der Waals surface area contributed by atoms with Crippen LogP contribution in [-0.2, 0) is 4.79 Å². The number of nitrogens with zero attached hydrogens (tertiary/aromatic N) is 2. The number of aliphatic hydroxyl groups is 1. The van der Waals surface area contributed by atoms with E-state index < -0.39 is 23.5 Å². The first kappa shape index (κ1) is 20.0. The maximum atomic E-state index is 13.2. The Bertz CT molecular complexity index is 1360. The van der Waals surface area contributed by atoms with Gasteiger partial charge in [-0.1, -0.05) is 29.5 Å². The lowest BCUT2D eigenvalue weighted by molar-refractivity contribution is -0.117. The van der Waals surface area contributed by atoms with Crippen molar-refractivity contribution in [3.8, 4) is 0 Å². The summed E-state index contributed by atoms with van der Waals surface area (Å²) in [5, 5.41) is 11.2. The van der Waals surface area contributed by atoms with Crippen LogP contribution in [0.5, 0.6) is 0 Å². The van der Waals surface area contributed by atoms with Crippen LogP contribution in [0.2, 0.25) is 0 Å². The van der Waals surface area contributed by atoms with Gasteiger partial charge < -0.3 is 9.52 Å². The lowest BCUT2D eigenvalue weighted by Crippen LogP contribution is -2.30. The number of benzene rings is 2. The quantitative estimate of drug-likeness (QED) is 0.269. The molecule has 1 aliphatic rings. The first-order chi connectivity index (χ1) is 14.9. The summed E-state index contributed by atoms with van der Waals surface area (Å²) in [6.45, 7) is 1.99. The Morgan fingerprint density at radius 2 is 1.97 bits per heavy atom. The summed E-state index contributed by atoms with van der Waals surface area (Å²) in [6, 6.07) is 15.6. The molecule has 6 nitrogen and oxygen atoms in total. The number of carbonyl (C=O) groups is 2. The highest BCUT2D eigenvalue weighted by Crippen LogP contribution is 2.44. The van der Waals surface area contributed by atoms with E-state index in [0.29, 0.717) is 10.7 Å². The topological polar surface area (TPSA) is 83.6 Å². The Morgan fingerprint density at radius 1 is 1.19 bits per heavy atom. The highest BCUT2D eigenvalue weighted by Gasteiger charge is 2.46. The minimum absolute atomic E-state index is 0.0170. The minimum Gasteiger partial charge on any atom is -0.503 e. The van der Waals surface area contributed by atoms with Crippen molar-refractivity contribution in [3.05, 3.63) is 92.7 Å². The molecule has 1 atom stereocenters. The third-order valence-corrected chi connectivity index (χ3v) is 6.86. The molecule has 0 spiro atoms. The molecule has 1 unspecified atom stereocenters. The van der Waals surface area contributed by atoms with E-state index >= 15 is 0 Å². The predicted molar refractivity (Wildman–Crippen MR) is 126 cm³/mol. The average molecular weight is 542 g/mol. The molecular weight excluding hydrogens is 527 g/mol. The van der Waals surface area contributed by atoms with Crippen molar-refractivity contribution in [2.24, 2.45) is 0 Å². The third-order valence-electron chi connectivity index (χ3n) is 5.12. The van der Waals surface area contributed by atoms with Crippen LogP contribution in [0.3, 0.4) is 0 Å². The number of halogens is 1. The summed E-state index contributed by atoms with van der Waals surface area (Å²) in [5.74, 6) is -1.71. The van der Waals surface area contributed by atoms with Gasteiger partial charge in [-0.05, 0) is 77.0 Å². The van der Waals surface area contributed by atoms with Crippen LogP contribution < -0.4 is 4.90 Å². The van der Waals surface area contributed by atoms with Gasteiger partial charge in [0.15, 0.2) is 16.7 Å². The smallest absolute Gasteiger partial charge is 0.296 e. The summed E-state index contributed by atoms with van der Waals surface area (Å²) in [5.41, 5.74) is 2.52. The first-order valence-corrected chi connectivity index (χ1v) is 11.3. The summed E-state index contributed by atoms with van der Waals surface area (Å²) in [6.07, 6.45) is 1.38. The molecule has 0 bridgehead atoms. The van der Waals surface area contributed by atoms with E-state index in [0.717, 1.165) is 19.4 Å². The largest absolute Gasteiger partial charge is 0.503 e. The summed E-state index contributed by atoms with van der Waals surface area (Å²) in [4.78, 5) is 32.4. The zero-order valence-corrected chi connectivity index (χ0v) is 19.2. The molecular formula is C23H15IN2O4S. The second-order valence-corrected chi connectivity index (χ2v) is 9.42. The fourth-order valence-corrected chi connectivity index (χ4v) is 5.11. The van der Waals surface area contributed by atoms with Gasteiger partial charge in [-0.25, -0.2) is 4.98 Å². The summed E-state index contributed by atoms with van der Waals surface area (Å²) < 4.78 is 7.20. The number of aliphatic hydroxyl groups excluding tert-OH is 1. The van der Waals surface area contributed by atoms with Gasteiger partial charge in [0.2, 0.25) is 5.78 Å². The molecule has 1 aliphatic heterocycles. The van der Waals surface area contributed by atoms with Crippen molar-refractivity contribution in [2.75, 3.05) is 4.90 Å². The van der Waals surface area contributed by atoms with Crippen LogP contribution in [-0.4, -0.2) is 21.8 Å². The van der Waals surface area contributed by atoms with Crippen molar-refractivity contribution in [2.45, 2.75) is 13.0 Å². The van der Waals surface area contributed by atoms with E-state index in [2.05, 4.69) is 27.6 Å². The van der Waals surface area contributed by atoms with Crippen molar-refractivity contribution in [1.82, 2.24) is 4.98 Å². The Kier molecular flexibility index (Phi) is 4.90. The number of hydrogen-bond acceptors (Lipinski definition) is 6. The minimum atomic E-state index is -0.816. The van der Waals surface area contributed by atoms with Crippen LogP contribution in [0.4, 0.5) is 5.13 Å². The monoisotopic (exact) mass is 542 g/mol. The normalized spacial score (nSPS) is 16.5. The summed E-state index contributed by atoms with van der Waals surface area (Å²) in [7, 11) is 0. The molecule has 0 saturated carbocycles. The second kappa shape index (κ2) is 7.61. The molecule has 0 aliphatic carbocycles. The van der Waals surface area contributed by atoms with Crippen LogP contribution >= 0.6 is 33.9 Å². The fraction of sp³-hybridized carbons (Fsp3) is 0.0870. The molecule has 8 heteroatoms. The lowest BCUT2D eigenvalue weighted by atomic mass is 9.95. The number of amides is 1. The van der Waals surface area contributed by atoms with Crippen LogP contribution in [0, 0.1) is 10.5 Å². The molecule has 1 N–H and O–H groups in total. The molecule has 2 aromatic heterocycles. The van der Waals surface area contributed by atoms with E-state index in [-0.39, 0.29) is 11.3 Å². The fourth-order valence-electron chi connectivity index (χ4n) is 3.66. The zero-order chi connectivity index (χ0) is 21.7. The standard InChI is InChI=1S/C23H15IN2O4S/c1-12-4-9-15-17(11-12)31-23(25-15)26-19(13-5-7-14(24)8-6-13)18(21(28)22(26)29)20(27)16-3-2-10-30-16/h2-11,19,28H,1H3. The summed E-state index contributed by atoms with van der Waals surface area (Å²) >= 11 is 3.54.